The molecule has 0 saturated heterocycles. The highest BCUT2D eigenvalue weighted by Crippen LogP contribution is 2.02. The molecule has 0 rings (SSSR count). The molecule has 3 nitrogen and oxygen atoms in total. The SMILES string of the molecule is CC(C)CCS(=O)(=O)NCCCCBr. The molecule has 0 unspecified atom stereocenters. The van der Waals surface area contributed by atoms with Gasteiger partial charge < -0.3 is 0 Å². The predicted molar refractivity (Wildman–Crippen MR) is 64.3 cm³/mol. The van der Waals surface area contributed by atoms with Gasteiger partial charge in [0, 0.05) is 11.9 Å². The molecule has 0 heterocycles. The fourth-order valence-electron chi connectivity index (χ4n) is 0.910. The Labute approximate surface area is 95.8 Å². The summed E-state index contributed by atoms with van der Waals surface area (Å²) >= 11 is 3.30. The lowest BCUT2D eigenvalue weighted by Crippen LogP contribution is -2.27. The van der Waals surface area contributed by atoms with E-state index in [1.807, 2.05) is 13.8 Å². The minimum atomic E-state index is -3.02. The summed E-state index contributed by atoms with van der Waals surface area (Å²) < 4.78 is 25.4. The summed E-state index contributed by atoms with van der Waals surface area (Å²) in [6, 6.07) is 0. The molecule has 5 heteroatoms. The maximum atomic E-state index is 11.4. The molecule has 1 N–H and O–H groups in total. The van der Waals surface area contributed by atoms with E-state index in [0.717, 1.165) is 24.6 Å². The molecule has 0 fully saturated rings. The fraction of sp³-hybridized carbons (Fsp3) is 1.00. The largest absolute Gasteiger partial charge is 0.215 e. The van der Waals surface area contributed by atoms with Crippen molar-refractivity contribution in [2.75, 3.05) is 17.6 Å². The molecule has 0 spiro atoms. The third-order valence-corrected chi connectivity index (χ3v) is 3.82. The van der Waals surface area contributed by atoms with Gasteiger partial charge >= 0.3 is 0 Å². The van der Waals surface area contributed by atoms with Gasteiger partial charge in [-0.2, -0.15) is 0 Å². The van der Waals surface area contributed by atoms with E-state index in [2.05, 4.69) is 20.7 Å². The van der Waals surface area contributed by atoms with Gasteiger partial charge in [0.15, 0.2) is 0 Å². The molecule has 0 atom stereocenters. The van der Waals surface area contributed by atoms with Crippen LogP contribution in [0.15, 0.2) is 0 Å². The van der Waals surface area contributed by atoms with E-state index < -0.39 is 10.0 Å². The third kappa shape index (κ3) is 8.97. The van der Waals surface area contributed by atoms with Crippen molar-refractivity contribution in [2.24, 2.45) is 5.92 Å². The third-order valence-electron chi connectivity index (χ3n) is 1.85. The predicted octanol–water partition coefficient (Wildman–Crippen LogP) is 2.13. The summed E-state index contributed by atoms with van der Waals surface area (Å²) in [4.78, 5) is 0. The number of nitrogens with one attached hydrogen (secondary N) is 1. The molecule has 0 aromatic heterocycles. The van der Waals surface area contributed by atoms with Gasteiger partial charge in [-0.3, -0.25) is 0 Å². The van der Waals surface area contributed by atoms with Crippen molar-refractivity contribution < 1.29 is 8.42 Å². The van der Waals surface area contributed by atoms with Gasteiger partial charge in [0.2, 0.25) is 10.0 Å². The Morgan fingerprint density at radius 3 is 2.43 bits per heavy atom. The molecule has 0 saturated carbocycles. The first kappa shape index (κ1) is 14.4. The van der Waals surface area contributed by atoms with Crippen molar-refractivity contribution >= 4 is 26.0 Å². The van der Waals surface area contributed by atoms with Crippen LogP contribution in [0.4, 0.5) is 0 Å². The molecular weight excluding hydrogens is 266 g/mol. The second-order valence-electron chi connectivity index (χ2n) is 3.79. The normalized spacial score (nSPS) is 12.3. The maximum absolute atomic E-state index is 11.4. The summed E-state index contributed by atoms with van der Waals surface area (Å²) in [6.07, 6.45) is 2.63. The molecular formula is C9H20BrNO2S. The Morgan fingerprint density at radius 1 is 1.29 bits per heavy atom. The highest BCUT2D eigenvalue weighted by atomic mass is 79.9. The van der Waals surface area contributed by atoms with Crippen LogP contribution in [0.25, 0.3) is 0 Å². The van der Waals surface area contributed by atoms with Gasteiger partial charge in [-0.1, -0.05) is 29.8 Å². The lowest BCUT2D eigenvalue weighted by molar-refractivity contribution is 0.559. The van der Waals surface area contributed by atoms with Gasteiger partial charge in [-0.15, -0.1) is 0 Å². The van der Waals surface area contributed by atoms with E-state index in [-0.39, 0.29) is 5.75 Å². The standard InChI is InChI=1S/C9H20BrNO2S/c1-9(2)5-8-14(12,13)11-7-4-3-6-10/h9,11H,3-8H2,1-2H3. The molecule has 0 aromatic carbocycles. The molecule has 0 radical (unpaired) electrons. The molecule has 14 heavy (non-hydrogen) atoms. The number of rotatable bonds is 8. The number of halogens is 1. The van der Waals surface area contributed by atoms with Crippen molar-refractivity contribution in [1.29, 1.82) is 0 Å². The van der Waals surface area contributed by atoms with Crippen LogP contribution in [0.2, 0.25) is 0 Å². The second kappa shape index (κ2) is 7.65. The second-order valence-corrected chi connectivity index (χ2v) is 6.51. The maximum Gasteiger partial charge on any atom is 0.211 e. The van der Waals surface area contributed by atoms with Crippen LogP contribution in [-0.4, -0.2) is 26.0 Å². The van der Waals surface area contributed by atoms with Gasteiger partial charge in [0.25, 0.3) is 0 Å². The van der Waals surface area contributed by atoms with Crippen LogP contribution in [0.3, 0.4) is 0 Å². The van der Waals surface area contributed by atoms with Crippen LogP contribution < -0.4 is 4.72 Å². The van der Waals surface area contributed by atoms with Crippen LogP contribution in [0.1, 0.15) is 33.1 Å². The quantitative estimate of drug-likeness (QED) is 0.549. The number of hydrogen-bond donors (Lipinski definition) is 1. The highest BCUT2D eigenvalue weighted by molar-refractivity contribution is 9.09. The first-order chi connectivity index (χ1) is 6.48. The fourth-order valence-corrected chi connectivity index (χ4v) is 2.69. The van der Waals surface area contributed by atoms with Gasteiger partial charge in [-0.05, 0) is 25.2 Å². The van der Waals surface area contributed by atoms with Crippen molar-refractivity contribution in [2.45, 2.75) is 33.1 Å². The first-order valence-electron chi connectivity index (χ1n) is 5.01. The van der Waals surface area contributed by atoms with Crippen molar-refractivity contribution in [3.05, 3.63) is 0 Å². The number of unbranched alkanes of at least 4 members (excludes halogenated alkanes) is 1. The van der Waals surface area contributed by atoms with E-state index in [1.54, 1.807) is 0 Å². The topological polar surface area (TPSA) is 46.2 Å². The highest BCUT2D eigenvalue weighted by Gasteiger charge is 2.09. The molecule has 86 valence electrons. The molecule has 0 aliphatic carbocycles. The molecule has 0 aliphatic heterocycles. The zero-order chi connectivity index (χ0) is 11.0. The smallest absolute Gasteiger partial charge is 0.211 e. The average Bonchev–Trinajstić information content (AvgIpc) is 2.10. The Hall–Kier alpha value is 0.390. The monoisotopic (exact) mass is 285 g/mol. The Balaban J connectivity index is 3.62. The lowest BCUT2D eigenvalue weighted by Gasteiger charge is -2.07. The van der Waals surface area contributed by atoms with Gasteiger partial charge in [0.1, 0.15) is 0 Å². The number of hydrogen-bond acceptors (Lipinski definition) is 2. The van der Waals surface area contributed by atoms with Gasteiger partial charge in [-0.25, -0.2) is 13.1 Å². The summed E-state index contributed by atoms with van der Waals surface area (Å²) in [5, 5.41) is 0.931. The minimum Gasteiger partial charge on any atom is -0.215 e. The van der Waals surface area contributed by atoms with Crippen LogP contribution in [0.5, 0.6) is 0 Å². The molecule has 0 bridgehead atoms. The summed E-state index contributed by atoms with van der Waals surface area (Å²) in [5.74, 6) is 0.688. The summed E-state index contributed by atoms with van der Waals surface area (Å²) in [6.45, 7) is 4.62. The van der Waals surface area contributed by atoms with Crippen molar-refractivity contribution in [1.82, 2.24) is 4.72 Å². The lowest BCUT2D eigenvalue weighted by atomic mass is 10.2. The van der Waals surface area contributed by atoms with Crippen molar-refractivity contribution in [3.8, 4) is 0 Å². The van der Waals surface area contributed by atoms with E-state index in [4.69, 9.17) is 0 Å². The van der Waals surface area contributed by atoms with Crippen LogP contribution in [-0.2, 0) is 10.0 Å². The van der Waals surface area contributed by atoms with E-state index in [9.17, 15) is 8.42 Å². The van der Waals surface area contributed by atoms with E-state index in [0.29, 0.717) is 12.5 Å². The summed E-state index contributed by atoms with van der Waals surface area (Å²) in [5.41, 5.74) is 0. The zero-order valence-corrected chi connectivity index (χ0v) is 11.3. The number of alkyl halides is 1. The molecule has 0 amide bonds. The van der Waals surface area contributed by atoms with Crippen LogP contribution in [0, 0.1) is 5.92 Å². The van der Waals surface area contributed by atoms with Crippen molar-refractivity contribution in [3.63, 3.8) is 0 Å². The molecule has 0 aliphatic rings. The Morgan fingerprint density at radius 2 is 1.93 bits per heavy atom. The van der Waals surface area contributed by atoms with E-state index >= 15 is 0 Å². The first-order valence-corrected chi connectivity index (χ1v) is 7.78. The van der Waals surface area contributed by atoms with Gasteiger partial charge in [0.05, 0.1) is 5.75 Å². The van der Waals surface area contributed by atoms with Crippen LogP contribution >= 0.6 is 15.9 Å². The average molecular weight is 286 g/mol. The number of sulfonamides is 1. The van der Waals surface area contributed by atoms with E-state index in [1.165, 1.54) is 0 Å². The summed E-state index contributed by atoms with van der Waals surface area (Å²) in [7, 11) is -3.02. The Bertz CT molecular complexity index is 227. The Kier molecular flexibility index (Phi) is 7.86. The zero-order valence-electron chi connectivity index (χ0n) is 8.92. The molecule has 0 aromatic rings. The minimum absolute atomic E-state index is 0.249.